The largest absolute Gasteiger partial charge is 0.365 e. The highest BCUT2D eigenvalue weighted by Crippen LogP contribution is 2.40. The molecule has 2 aliphatic rings. The maximum absolute atomic E-state index is 13.3. The van der Waals surface area contributed by atoms with Gasteiger partial charge in [0.1, 0.15) is 11.9 Å². The van der Waals surface area contributed by atoms with Gasteiger partial charge in [0, 0.05) is 20.0 Å². The van der Waals surface area contributed by atoms with Crippen LogP contribution < -0.4 is 0 Å². The molecule has 0 saturated carbocycles. The van der Waals surface area contributed by atoms with Crippen LogP contribution in [0.4, 0.5) is 4.39 Å². The molecule has 3 atom stereocenters. The normalized spacial score (nSPS) is 25.8. The Bertz CT molecular complexity index is 778. The molecule has 132 valence electrons. The fourth-order valence-corrected chi connectivity index (χ4v) is 3.70. The minimum absolute atomic E-state index is 0.00554. The average Bonchev–Trinajstić information content (AvgIpc) is 3.19. The summed E-state index contributed by atoms with van der Waals surface area (Å²) in [6.45, 7) is 3.02. The van der Waals surface area contributed by atoms with Crippen molar-refractivity contribution < 1.29 is 18.4 Å². The van der Waals surface area contributed by atoms with Gasteiger partial charge in [-0.05, 0) is 36.5 Å². The summed E-state index contributed by atoms with van der Waals surface area (Å²) >= 11 is 0. The van der Waals surface area contributed by atoms with Gasteiger partial charge in [0.2, 0.25) is 17.6 Å². The Balaban J connectivity index is 1.38. The number of likely N-dealkylation sites (tertiary alicyclic amines) is 1. The van der Waals surface area contributed by atoms with Crippen LogP contribution in [-0.4, -0.2) is 40.1 Å². The van der Waals surface area contributed by atoms with E-state index in [1.54, 1.807) is 19.1 Å². The van der Waals surface area contributed by atoms with E-state index < -0.39 is 0 Å². The number of nitrogens with zero attached hydrogens (tertiary/aromatic N) is 3. The quantitative estimate of drug-likeness (QED) is 0.855. The lowest BCUT2D eigenvalue weighted by molar-refractivity contribution is -0.135. The second-order valence-corrected chi connectivity index (χ2v) is 6.77. The van der Waals surface area contributed by atoms with Crippen molar-refractivity contribution in [2.24, 2.45) is 5.92 Å². The first-order valence-corrected chi connectivity index (χ1v) is 8.56. The zero-order chi connectivity index (χ0) is 17.4. The predicted octanol–water partition coefficient (Wildman–Crippen LogP) is 2.44. The number of amides is 1. The Morgan fingerprint density at radius 3 is 3.08 bits per heavy atom. The van der Waals surface area contributed by atoms with E-state index in [0.717, 1.165) is 12.8 Å². The predicted molar refractivity (Wildman–Crippen MR) is 86.1 cm³/mol. The van der Waals surface area contributed by atoms with Crippen molar-refractivity contribution in [1.82, 2.24) is 15.0 Å². The molecule has 0 bridgehead atoms. The van der Waals surface area contributed by atoms with Gasteiger partial charge >= 0.3 is 0 Å². The molecule has 4 rings (SSSR count). The number of carbonyl (C=O) groups excluding carboxylic acids is 1. The highest BCUT2D eigenvalue weighted by atomic mass is 19.1. The van der Waals surface area contributed by atoms with Crippen LogP contribution in [0.1, 0.15) is 36.2 Å². The number of carbonyl (C=O) groups is 1. The topological polar surface area (TPSA) is 68.5 Å². The fraction of sp³-hybridized carbons (Fsp3) is 0.500. The number of aromatic nitrogens is 2. The Morgan fingerprint density at radius 2 is 2.32 bits per heavy atom. The molecule has 2 fully saturated rings. The summed E-state index contributed by atoms with van der Waals surface area (Å²) < 4.78 is 24.4. The van der Waals surface area contributed by atoms with Crippen molar-refractivity contribution in [3.05, 3.63) is 47.4 Å². The molecule has 0 spiro atoms. The van der Waals surface area contributed by atoms with Crippen LogP contribution in [0.25, 0.3) is 0 Å². The Kier molecular flexibility index (Phi) is 4.25. The molecule has 0 N–H and O–H groups in total. The van der Waals surface area contributed by atoms with E-state index in [0.29, 0.717) is 36.3 Å². The summed E-state index contributed by atoms with van der Waals surface area (Å²) in [5.41, 5.74) is 0.694. The standard InChI is InChI=1S/C18H20FN3O3/c1-11-20-18(21-25-11)15-9-13-5-6-22(10-16(13)24-15)17(23)8-12-3-2-4-14(19)7-12/h2-4,7,13,15-16H,5-6,8-10H2,1H3/t13-,15+,16+/m0/s1. The number of hydrogen-bond acceptors (Lipinski definition) is 5. The minimum Gasteiger partial charge on any atom is -0.365 e. The smallest absolute Gasteiger partial charge is 0.227 e. The maximum Gasteiger partial charge on any atom is 0.227 e. The Labute approximate surface area is 145 Å². The molecule has 2 aliphatic heterocycles. The second kappa shape index (κ2) is 6.55. The van der Waals surface area contributed by atoms with Gasteiger partial charge in [-0.2, -0.15) is 4.98 Å². The molecule has 2 saturated heterocycles. The summed E-state index contributed by atoms with van der Waals surface area (Å²) in [5.74, 6) is 1.21. The molecule has 0 unspecified atom stereocenters. The van der Waals surface area contributed by atoms with Gasteiger partial charge in [-0.25, -0.2) is 4.39 Å². The molecule has 0 aliphatic carbocycles. The highest BCUT2D eigenvalue weighted by Gasteiger charge is 2.42. The van der Waals surface area contributed by atoms with Gasteiger partial charge in [0.25, 0.3) is 0 Å². The fourth-order valence-electron chi connectivity index (χ4n) is 3.70. The summed E-state index contributed by atoms with van der Waals surface area (Å²) in [5, 5.41) is 3.95. The van der Waals surface area contributed by atoms with Gasteiger partial charge in [-0.3, -0.25) is 4.79 Å². The van der Waals surface area contributed by atoms with Gasteiger partial charge in [0.05, 0.1) is 12.5 Å². The molecule has 1 aromatic carbocycles. The number of benzene rings is 1. The van der Waals surface area contributed by atoms with Crippen molar-refractivity contribution in [2.75, 3.05) is 13.1 Å². The van der Waals surface area contributed by atoms with Crippen LogP contribution in [0, 0.1) is 18.7 Å². The number of fused-ring (bicyclic) bond motifs is 1. The third kappa shape index (κ3) is 3.42. The Hall–Kier alpha value is -2.28. The first kappa shape index (κ1) is 16.2. The van der Waals surface area contributed by atoms with E-state index >= 15 is 0 Å². The van der Waals surface area contributed by atoms with E-state index in [4.69, 9.17) is 9.26 Å². The van der Waals surface area contributed by atoms with Crippen molar-refractivity contribution >= 4 is 5.91 Å². The van der Waals surface area contributed by atoms with Crippen molar-refractivity contribution in [2.45, 2.75) is 38.4 Å². The summed E-state index contributed by atoms with van der Waals surface area (Å²) in [7, 11) is 0. The number of hydrogen-bond donors (Lipinski definition) is 0. The minimum atomic E-state index is -0.318. The van der Waals surface area contributed by atoms with Crippen molar-refractivity contribution in [3.8, 4) is 0 Å². The van der Waals surface area contributed by atoms with E-state index in [9.17, 15) is 9.18 Å². The molecule has 2 aromatic rings. The summed E-state index contributed by atoms with van der Waals surface area (Å²) in [4.78, 5) is 18.6. The van der Waals surface area contributed by atoms with Crippen LogP contribution in [-0.2, 0) is 16.0 Å². The zero-order valence-electron chi connectivity index (χ0n) is 14.0. The molecule has 3 heterocycles. The third-order valence-corrected chi connectivity index (χ3v) is 4.98. The van der Waals surface area contributed by atoms with Gasteiger partial charge in [-0.1, -0.05) is 17.3 Å². The molecular weight excluding hydrogens is 325 g/mol. The number of halogens is 1. The summed E-state index contributed by atoms with van der Waals surface area (Å²) in [6.07, 6.45) is 1.80. The molecule has 0 radical (unpaired) electrons. The lowest BCUT2D eigenvalue weighted by atomic mass is 9.91. The van der Waals surface area contributed by atoms with E-state index in [-0.39, 0.29) is 30.4 Å². The van der Waals surface area contributed by atoms with E-state index in [1.165, 1.54) is 12.1 Å². The molecule has 1 aromatic heterocycles. The van der Waals surface area contributed by atoms with Crippen LogP contribution in [0.5, 0.6) is 0 Å². The maximum atomic E-state index is 13.3. The Morgan fingerprint density at radius 1 is 1.44 bits per heavy atom. The molecule has 6 nitrogen and oxygen atoms in total. The van der Waals surface area contributed by atoms with Crippen molar-refractivity contribution in [3.63, 3.8) is 0 Å². The third-order valence-electron chi connectivity index (χ3n) is 4.98. The zero-order valence-corrected chi connectivity index (χ0v) is 14.0. The van der Waals surface area contributed by atoms with Gasteiger partial charge in [-0.15, -0.1) is 0 Å². The molecule has 7 heteroatoms. The van der Waals surface area contributed by atoms with Gasteiger partial charge in [0.15, 0.2) is 0 Å². The summed E-state index contributed by atoms with van der Waals surface area (Å²) in [6, 6.07) is 6.19. The average molecular weight is 345 g/mol. The molecular formula is C18H20FN3O3. The second-order valence-electron chi connectivity index (χ2n) is 6.77. The van der Waals surface area contributed by atoms with Crippen LogP contribution >= 0.6 is 0 Å². The van der Waals surface area contributed by atoms with E-state index in [1.807, 2.05) is 4.90 Å². The molecule has 1 amide bonds. The molecule has 25 heavy (non-hydrogen) atoms. The number of rotatable bonds is 3. The lowest BCUT2D eigenvalue weighted by Crippen LogP contribution is -2.45. The van der Waals surface area contributed by atoms with Crippen LogP contribution in [0.2, 0.25) is 0 Å². The van der Waals surface area contributed by atoms with E-state index in [2.05, 4.69) is 10.1 Å². The number of ether oxygens (including phenoxy) is 1. The first-order chi connectivity index (χ1) is 12.1. The van der Waals surface area contributed by atoms with Crippen LogP contribution in [0.3, 0.4) is 0 Å². The van der Waals surface area contributed by atoms with Crippen molar-refractivity contribution in [1.29, 1.82) is 0 Å². The van der Waals surface area contributed by atoms with Gasteiger partial charge < -0.3 is 14.2 Å². The monoisotopic (exact) mass is 345 g/mol. The number of piperidine rings is 1. The van der Waals surface area contributed by atoms with Crippen LogP contribution in [0.15, 0.2) is 28.8 Å². The lowest BCUT2D eigenvalue weighted by Gasteiger charge is -2.34. The number of aryl methyl sites for hydroxylation is 1. The highest BCUT2D eigenvalue weighted by molar-refractivity contribution is 5.78. The SMILES string of the molecule is Cc1nc([C@H]2C[C@@H]3CCN(C(=O)Cc4cccc(F)c4)C[C@H]3O2)no1. The first-order valence-electron chi connectivity index (χ1n) is 8.56.